The number of benzene rings is 1. The summed E-state index contributed by atoms with van der Waals surface area (Å²) in [6, 6.07) is 7.08. The molecule has 200 valence electrons. The minimum absolute atomic E-state index is 0.0322. The van der Waals surface area contributed by atoms with Crippen LogP contribution in [-0.4, -0.2) is 57.6 Å². The van der Waals surface area contributed by atoms with E-state index in [2.05, 4.69) is 20.1 Å². The van der Waals surface area contributed by atoms with Gasteiger partial charge >= 0.3 is 19.4 Å². The number of nitrogens with two attached hydrogens (primary N) is 1. The second kappa shape index (κ2) is 12.2. The molecule has 0 radical (unpaired) electrons. The van der Waals surface area contributed by atoms with Crippen LogP contribution >= 0.6 is 7.75 Å². The number of aliphatic hydroxyl groups excluding tert-OH is 1. The Morgan fingerprint density at radius 3 is 2.68 bits per heavy atom. The number of ether oxygens (including phenoxy) is 2. The molecule has 0 aliphatic carbocycles. The summed E-state index contributed by atoms with van der Waals surface area (Å²) in [6.45, 7) is 4.22. The van der Waals surface area contributed by atoms with Gasteiger partial charge < -0.3 is 24.8 Å². The van der Waals surface area contributed by atoms with Gasteiger partial charge in [-0.25, -0.2) is 9.36 Å². The predicted molar refractivity (Wildman–Crippen MR) is 130 cm³/mol. The smallest absolute Gasteiger partial charge is 0.459 e. The summed E-state index contributed by atoms with van der Waals surface area (Å²) in [5.41, 5.74) is 13.7. The SMILES string of the molecule is CC(C)OC(=O)[C@H](C)NP(=O)(OC[C@H]1O[C@@H](n2ccc(N)nc2=O)[C@H](N=[N+]=[N-])[C@@H]1O)Oc1ccccc1. The maximum Gasteiger partial charge on any atom is 0.459 e. The molecule has 6 atom stereocenters. The number of nitrogen functional groups attached to an aromatic ring is 1. The summed E-state index contributed by atoms with van der Waals surface area (Å²) in [7, 11) is -4.26. The topological polar surface area (TPSA) is 213 Å². The number of aliphatic hydroxyl groups is 1. The molecule has 0 saturated carbocycles. The molecule has 1 aliphatic heterocycles. The predicted octanol–water partition coefficient (Wildman–Crippen LogP) is 1.90. The Morgan fingerprint density at radius 1 is 1.35 bits per heavy atom. The van der Waals surface area contributed by atoms with Gasteiger partial charge in [0.1, 0.15) is 36.0 Å². The van der Waals surface area contributed by atoms with Crippen molar-refractivity contribution in [3.63, 3.8) is 0 Å². The molecule has 16 heteroatoms. The number of nitrogens with one attached hydrogen (secondary N) is 1. The van der Waals surface area contributed by atoms with Gasteiger partial charge in [-0.2, -0.15) is 10.1 Å². The lowest BCUT2D eigenvalue weighted by molar-refractivity contribution is -0.149. The summed E-state index contributed by atoms with van der Waals surface area (Å²) in [5.74, 6) is -0.540. The Labute approximate surface area is 211 Å². The zero-order chi connectivity index (χ0) is 27.2. The molecular weight excluding hydrogens is 509 g/mol. The average molecular weight is 537 g/mol. The highest BCUT2D eigenvalue weighted by molar-refractivity contribution is 7.52. The van der Waals surface area contributed by atoms with E-state index in [9.17, 15) is 19.3 Å². The molecule has 1 aromatic carbocycles. The second-order valence-corrected chi connectivity index (χ2v) is 10.0. The normalized spacial score (nSPS) is 23.6. The van der Waals surface area contributed by atoms with Crippen molar-refractivity contribution in [3.05, 3.63) is 63.5 Å². The van der Waals surface area contributed by atoms with Crippen molar-refractivity contribution < 1.29 is 33.0 Å². The Morgan fingerprint density at radius 2 is 2.05 bits per heavy atom. The van der Waals surface area contributed by atoms with E-state index in [4.69, 9.17) is 29.8 Å². The third kappa shape index (κ3) is 7.29. The largest absolute Gasteiger partial charge is 0.462 e. The zero-order valence-corrected chi connectivity index (χ0v) is 21.2. The fraction of sp³-hybridized carbons (Fsp3) is 0.476. The Hall–Kier alpha value is -3.45. The molecule has 1 aliphatic rings. The van der Waals surface area contributed by atoms with Crippen LogP contribution in [0.25, 0.3) is 10.4 Å². The van der Waals surface area contributed by atoms with Crippen LogP contribution in [0.3, 0.4) is 0 Å². The van der Waals surface area contributed by atoms with Crippen LogP contribution in [-0.2, 0) is 23.4 Å². The lowest BCUT2D eigenvalue weighted by atomic mass is 10.1. The number of aromatic nitrogens is 2. The van der Waals surface area contributed by atoms with Gasteiger partial charge in [-0.15, -0.1) is 0 Å². The second-order valence-electron chi connectivity index (χ2n) is 8.33. The highest BCUT2D eigenvalue weighted by Crippen LogP contribution is 2.46. The molecule has 4 N–H and O–H groups in total. The average Bonchev–Trinajstić information content (AvgIpc) is 3.13. The lowest BCUT2D eigenvalue weighted by Gasteiger charge is -2.25. The van der Waals surface area contributed by atoms with Crippen molar-refractivity contribution >= 4 is 19.5 Å². The number of para-hydroxylation sites is 1. The number of azide groups is 1. The fourth-order valence-electron chi connectivity index (χ4n) is 3.41. The maximum atomic E-state index is 13.6. The molecule has 0 spiro atoms. The van der Waals surface area contributed by atoms with Crippen molar-refractivity contribution in [1.29, 1.82) is 0 Å². The van der Waals surface area contributed by atoms with E-state index in [1.807, 2.05) is 0 Å². The molecule has 1 fully saturated rings. The van der Waals surface area contributed by atoms with Crippen LogP contribution in [0.2, 0.25) is 0 Å². The number of carbonyl (C=O) groups excluding carboxylic acids is 1. The molecule has 1 saturated heterocycles. The minimum Gasteiger partial charge on any atom is -0.462 e. The highest BCUT2D eigenvalue weighted by Gasteiger charge is 2.46. The van der Waals surface area contributed by atoms with Crippen molar-refractivity contribution in [2.75, 3.05) is 12.3 Å². The molecular formula is C21H28N7O8P. The van der Waals surface area contributed by atoms with E-state index >= 15 is 0 Å². The van der Waals surface area contributed by atoms with Gasteiger partial charge in [-0.1, -0.05) is 23.3 Å². The third-order valence-corrected chi connectivity index (χ3v) is 6.73. The van der Waals surface area contributed by atoms with Gasteiger partial charge in [0, 0.05) is 11.1 Å². The summed E-state index contributed by atoms with van der Waals surface area (Å²) in [6.07, 6.45) is -3.05. The van der Waals surface area contributed by atoms with Gasteiger partial charge in [-0.05, 0) is 44.5 Å². The molecule has 0 amide bonds. The van der Waals surface area contributed by atoms with Crippen LogP contribution < -0.4 is 21.0 Å². The van der Waals surface area contributed by atoms with Gasteiger partial charge in [0.15, 0.2) is 0 Å². The molecule has 2 aromatic rings. The van der Waals surface area contributed by atoms with E-state index in [0.29, 0.717) is 0 Å². The fourth-order valence-corrected chi connectivity index (χ4v) is 4.91. The standard InChI is InChI=1S/C21H28N7O8P/c1-12(2)34-20(30)13(3)26-37(32,36-14-7-5-4-6-8-14)33-11-15-18(29)17(25-27-23)19(35-15)28-10-9-16(22)24-21(28)31/h4-10,12-13,15,17-19,29H,11H2,1-3H3,(H,26,32)(H2,22,24,31)/t13-,15+,17+,18+,19+,37?/m0/s1. The quantitative estimate of drug-likeness (QED) is 0.124. The lowest BCUT2D eigenvalue weighted by Crippen LogP contribution is -2.38. The highest BCUT2D eigenvalue weighted by atomic mass is 31.2. The first kappa shape index (κ1) is 28.1. The number of esters is 1. The Bertz CT molecular complexity index is 1240. The molecule has 2 heterocycles. The van der Waals surface area contributed by atoms with Crippen molar-refractivity contribution in [1.82, 2.24) is 14.6 Å². The maximum absolute atomic E-state index is 13.6. The number of carbonyl (C=O) groups is 1. The molecule has 1 aromatic heterocycles. The molecule has 3 rings (SSSR count). The number of hydrogen-bond donors (Lipinski definition) is 3. The summed E-state index contributed by atoms with van der Waals surface area (Å²) in [5, 5.41) is 16.8. The number of anilines is 1. The van der Waals surface area contributed by atoms with E-state index in [-0.39, 0.29) is 11.6 Å². The summed E-state index contributed by atoms with van der Waals surface area (Å²) >= 11 is 0. The van der Waals surface area contributed by atoms with E-state index < -0.39 is 62.6 Å². The molecule has 0 bridgehead atoms. The monoisotopic (exact) mass is 537 g/mol. The molecule has 15 nitrogen and oxygen atoms in total. The first-order valence-electron chi connectivity index (χ1n) is 11.2. The van der Waals surface area contributed by atoms with Crippen LogP contribution in [0.1, 0.15) is 27.0 Å². The molecule has 37 heavy (non-hydrogen) atoms. The van der Waals surface area contributed by atoms with Gasteiger partial charge in [-0.3, -0.25) is 13.9 Å². The van der Waals surface area contributed by atoms with Crippen molar-refractivity contribution in [2.24, 2.45) is 5.11 Å². The Balaban J connectivity index is 1.81. The van der Waals surface area contributed by atoms with Crippen LogP contribution in [0, 0.1) is 0 Å². The summed E-state index contributed by atoms with van der Waals surface area (Å²) < 4.78 is 36.6. The number of rotatable bonds is 11. The third-order valence-electron chi connectivity index (χ3n) is 5.08. The minimum atomic E-state index is -4.26. The van der Waals surface area contributed by atoms with E-state index in [1.165, 1.54) is 31.3 Å². The first-order chi connectivity index (χ1) is 17.5. The van der Waals surface area contributed by atoms with Crippen LogP contribution in [0.5, 0.6) is 5.75 Å². The Kier molecular flexibility index (Phi) is 9.27. The van der Waals surface area contributed by atoms with Crippen LogP contribution in [0.4, 0.5) is 5.82 Å². The van der Waals surface area contributed by atoms with E-state index in [0.717, 1.165) is 4.57 Å². The zero-order valence-electron chi connectivity index (χ0n) is 20.3. The number of hydrogen-bond acceptors (Lipinski definition) is 11. The van der Waals surface area contributed by atoms with Gasteiger partial charge in [0.2, 0.25) is 0 Å². The summed E-state index contributed by atoms with van der Waals surface area (Å²) in [4.78, 5) is 30.9. The van der Waals surface area contributed by atoms with Gasteiger partial charge in [0.25, 0.3) is 0 Å². The first-order valence-corrected chi connectivity index (χ1v) is 12.8. The van der Waals surface area contributed by atoms with Gasteiger partial charge in [0.05, 0.1) is 18.8 Å². The number of nitrogens with zero attached hydrogens (tertiary/aromatic N) is 5. The van der Waals surface area contributed by atoms with E-state index in [1.54, 1.807) is 32.0 Å². The van der Waals surface area contributed by atoms with Crippen molar-refractivity contribution in [3.8, 4) is 5.75 Å². The molecule has 1 unspecified atom stereocenters. The van der Waals surface area contributed by atoms with Crippen molar-refractivity contribution in [2.45, 2.75) is 57.4 Å². The van der Waals surface area contributed by atoms with Crippen LogP contribution in [0.15, 0.2) is 52.5 Å².